The molecule has 3 nitrogen and oxygen atoms in total. The summed E-state index contributed by atoms with van der Waals surface area (Å²) in [4.78, 5) is 0. The van der Waals surface area contributed by atoms with Crippen LogP contribution < -0.4 is 0 Å². The van der Waals surface area contributed by atoms with Crippen molar-refractivity contribution in [3.8, 4) is 0 Å². The predicted molar refractivity (Wildman–Crippen MR) is 75.0 cm³/mol. The van der Waals surface area contributed by atoms with Gasteiger partial charge in [0.15, 0.2) is 0 Å². The highest BCUT2D eigenvalue weighted by molar-refractivity contribution is 6.33. The summed E-state index contributed by atoms with van der Waals surface area (Å²) in [6.45, 7) is 11.8. The first-order chi connectivity index (χ1) is 8.19. The third-order valence-electron chi connectivity index (χ3n) is 2.19. The Balaban J connectivity index is 0.00000121. The van der Waals surface area contributed by atoms with Crippen LogP contribution in [0.15, 0.2) is 28.5 Å². The van der Waals surface area contributed by atoms with Crippen molar-refractivity contribution in [2.75, 3.05) is 13.1 Å². The molecule has 4 heteroatoms. The van der Waals surface area contributed by atoms with Crippen molar-refractivity contribution < 1.29 is 0 Å². The van der Waals surface area contributed by atoms with Gasteiger partial charge in [-0.2, -0.15) is 0 Å². The van der Waals surface area contributed by atoms with Gasteiger partial charge in [0.1, 0.15) is 5.69 Å². The van der Waals surface area contributed by atoms with Gasteiger partial charge in [0.2, 0.25) is 0 Å². The lowest BCUT2D eigenvalue weighted by atomic mass is 10.2. The highest BCUT2D eigenvalue weighted by atomic mass is 35.5. The van der Waals surface area contributed by atoms with E-state index in [0.717, 1.165) is 24.3 Å². The molecule has 0 amide bonds. The molecular formula is C13H22ClN3. The lowest BCUT2D eigenvalue weighted by Gasteiger charge is -2.11. The Labute approximate surface area is 109 Å². The lowest BCUT2D eigenvalue weighted by Crippen LogP contribution is -2.14. The number of halogens is 1. The van der Waals surface area contributed by atoms with Gasteiger partial charge in [0.05, 0.1) is 5.02 Å². The van der Waals surface area contributed by atoms with Crippen LogP contribution in [0.2, 0.25) is 5.02 Å². The fourth-order valence-electron chi connectivity index (χ4n) is 1.21. The zero-order valence-electron chi connectivity index (χ0n) is 11.4. The van der Waals surface area contributed by atoms with Crippen molar-refractivity contribution in [3.63, 3.8) is 0 Å². The van der Waals surface area contributed by atoms with E-state index in [-0.39, 0.29) is 0 Å². The summed E-state index contributed by atoms with van der Waals surface area (Å²) in [5.74, 6) is 0. The van der Waals surface area contributed by atoms with Crippen LogP contribution in [-0.4, -0.2) is 18.1 Å². The first-order valence-electron chi connectivity index (χ1n) is 6.10. The second-order valence-corrected chi connectivity index (χ2v) is 3.64. The Kier molecular flexibility index (Phi) is 8.42. The summed E-state index contributed by atoms with van der Waals surface area (Å²) in [5, 5.41) is 10.8. The maximum absolute atomic E-state index is 6.03. The number of hydrogen-bond donors (Lipinski definition) is 0. The number of benzene rings is 1. The maximum Gasteiger partial charge on any atom is 0.109 e. The number of hydrogen-bond acceptors (Lipinski definition) is 2. The van der Waals surface area contributed by atoms with Crippen molar-refractivity contribution in [1.29, 1.82) is 0 Å². The molecule has 0 heterocycles. The Hall–Kier alpha value is -1.09. The van der Waals surface area contributed by atoms with Crippen LogP contribution in [0.4, 0.5) is 5.69 Å². The molecule has 0 atom stereocenters. The minimum absolute atomic E-state index is 0.644. The zero-order chi connectivity index (χ0) is 13.3. The van der Waals surface area contributed by atoms with E-state index < -0.39 is 0 Å². The molecule has 0 saturated carbocycles. The molecule has 1 aromatic carbocycles. The molecule has 0 bridgehead atoms. The maximum atomic E-state index is 6.03. The van der Waals surface area contributed by atoms with Crippen LogP contribution in [0, 0.1) is 6.92 Å². The number of nitrogens with zero attached hydrogens (tertiary/aromatic N) is 3. The first-order valence-corrected chi connectivity index (χ1v) is 6.48. The first kappa shape index (κ1) is 15.9. The van der Waals surface area contributed by atoms with Crippen molar-refractivity contribution in [3.05, 3.63) is 28.8 Å². The van der Waals surface area contributed by atoms with E-state index in [1.807, 2.05) is 57.8 Å². The summed E-state index contributed by atoms with van der Waals surface area (Å²) in [5.41, 5.74) is 1.80. The molecule has 1 aromatic rings. The number of rotatable bonds is 4. The van der Waals surface area contributed by atoms with Crippen molar-refractivity contribution in [2.24, 2.45) is 10.3 Å². The fourth-order valence-corrected chi connectivity index (χ4v) is 1.47. The molecule has 96 valence electrons. The monoisotopic (exact) mass is 255 g/mol. The van der Waals surface area contributed by atoms with Gasteiger partial charge in [-0.05, 0) is 32.4 Å². The van der Waals surface area contributed by atoms with Gasteiger partial charge in [0, 0.05) is 13.1 Å². The standard InChI is InChI=1S/C11H16ClN3.C2H6/c1-4-15(5-2)14-13-11-9(3)7-6-8-10(11)12;1-2/h6-8H,4-5H2,1-3H3;1-2H3. The highest BCUT2D eigenvalue weighted by Gasteiger charge is 2.02. The Morgan fingerprint density at radius 2 is 1.76 bits per heavy atom. The minimum Gasteiger partial charge on any atom is -0.279 e. The van der Waals surface area contributed by atoms with Crippen LogP contribution in [-0.2, 0) is 0 Å². The van der Waals surface area contributed by atoms with Gasteiger partial charge in [-0.25, -0.2) is 0 Å². The predicted octanol–water partition coefficient (Wildman–Crippen LogP) is 5.02. The van der Waals surface area contributed by atoms with Crippen LogP contribution in [0.1, 0.15) is 33.3 Å². The summed E-state index contributed by atoms with van der Waals surface area (Å²) >= 11 is 6.03. The molecule has 0 aliphatic carbocycles. The minimum atomic E-state index is 0.644. The van der Waals surface area contributed by atoms with Gasteiger partial charge in [-0.1, -0.05) is 42.8 Å². The van der Waals surface area contributed by atoms with Crippen LogP contribution >= 0.6 is 11.6 Å². The van der Waals surface area contributed by atoms with E-state index in [0.29, 0.717) is 5.02 Å². The molecule has 1 rings (SSSR count). The fraction of sp³-hybridized carbons (Fsp3) is 0.538. The molecule has 0 fully saturated rings. The van der Waals surface area contributed by atoms with E-state index in [1.54, 1.807) is 0 Å². The highest BCUT2D eigenvalue weighted by Crippen LogP contribution is 2.28. The Morgan fingerprint density at radius 3 is 2.24 bits per heavy atom. The third-order valence-corrected chi connectivity index (χ3v) is 2.49. The van der Waals surface area contributed by atoms with E-state index in [9.17, 15) is 0 Å². The molecule has 0 N–H and O–H groups in total. The molecule has 0 aliphatic rings. The van der Waals surface area contributed by atoms with E-state index >= 15 is 0 Å². The average molecular weight is 256 g/mol. The van der Waals surface area contributed by atoms with E-state index in [2.05, 4.69) is 10.3 Å². The van der Waals surface area contributed by atoms with Crippen molar-refractivity contribution in [1.82, 2.24) is 5.01 Å². The average Bonchev–Trinajstić information content (AvgIpc) is 2.36. The van der Waals surface area contributed by atoms with E-state index in [1.165, 1.54) is 0 Å². The van der Waals surface area contributed by atoms with Gasteiger partial charge in [-0.3, -0.25) is 5.01 Å². The van der Waals surface area contributed by atoms with Crippen LogP contribution in [0.5, 0.6) is 0 Å². The van der Waals surface area contributed by atoms with Gasteiger partial charge < -0.3 is 0 Å². The molecule has 17 heavy (non-hydrogen) atoms. The van der Waals surface area contributed by atoms with Crippen molar-refractivity contribution >= 4 is 17.3 Å². The summed E-state index contributed by atoms with van der Waals surface area (Å²) in [6, 6.07) is 5.71. The van der Waals surface area contributed by atoms with Gasteiger partial charge in [-0.15, -0.1) is 5.11 Å². The lowest BCUT2D eigenvalue weighted by molar-refractivity contribution is 0.300. The largest absolute Gasteiger partial charge is 0.279 e. The third kappa shape index (κ3) is 5.18. The molecule has 0 spiro atoms. The number of aryl methyl sites for hydroxylation is 1. The van der Waals surface area contributed by atoms with Crippen LogP contribution in [0.3, 0.4) is 0 Å². The smallest absolute Gasteiger partial charge is 0.109 e. The molecular weight excluding hydrogens is 234 g/mol. The molecule has 0 aliphatic heterocycles. The second-order valence-electron chi connectivity index (χ2n) is 3.23. The Bertz CT molecular complexity index is 326. The topological polar surface area (TPSA) is 28.0 Å². The molecule has 0 saturated heterocycles. The molecule has 0 radical (unpaired) electrons. The van der Waals surface area contributed by atoms with Gasteiger partial charge in [0.25, 0.3) is 0 Å². The molecule has 0 unspecified atom stereocenters. The van der Waals surface area contributed by atoms with Crippen LogP contribution in [0.25, 0.3) is 0 Å². The summed E-state index contributed by atoms with van der Waals surface area (Å²) < 4.78 is 0. The molecule has 0 aromatic heterocycles. The Morgan fingerprint density at radius 1 is 1.18 bits per heavy atom. The normalized spacial score (nSPS) is 10.0. The van der Waals surface area contributed by atoms with E-state index in [4.69, 9.17) is 11.6 Å². The summed E-state index contributed by atoms with van der Waals surface area (Å²) in [7, 11) is 0. The zero-order valence-corrected chi connectivity index (χ0v) is 12.1. The second kappa shape index (κ2) is 8.99. The summed E-state index contributed by atoms with van der Waals surface area (Å²) in [6.07, 6.45) is 0. The quantitative estimate of drug-likeness (QED) is 0.549. The van der Waals surface area contributed by atoms with Crippen molar-refractivity contribution in [2.45, 2.75) is 34.6 Å². The SMILES string of the molecule is CC.CCN(CC)N=Nc1c(C)cccc1Cl. The van der Waals surface area contributed by atoms with Gasteiger partial charge >= 0.3 is 0 Å².